The van der Waals surface area contributed by atoms with E-state index in [0.29, 0.717) is 17.3 Å². The Kier molecular flexibility index (Phi) is 5.20. The molecule has 2 aromatic rings. The van der Waals surface area contributed by atoms with Crippen LogP contribution in [0.3, 0.4) is 0 Å². The molecule has 1 saturated heterocycles. The Labute approximate surface area is 174 Å². The van der Waals surface area contributed by atoms with E-state index in [1.165, 1.54) is 7.11 Å². The fraction of sp³-hybridized carbons (Fsp3) is 0.455. The molecular weight excluding hydrogens is 382 g/mol. The summed E-state index contributed by atoms with van der Waals surface area (Å²) in [5, 5.41) is 12.4. The second-order valence-electron chi connectivity index (χ2n) is 8.00. The normalized spacial score (nSPS) is 25.8. The molecular formula is C22H25N5O3. The minimum absolute atomic E-state index is 0.214. The van der Waals surface area contributed by atoms with Gasteiger partial charge in [-0.15, -0.1) is 0 Å². The number of rotatable bonds is 3. The number of aromatic nitrogens is 2. The number of anilines is 2. The molecule has 4 rings (SSSR count). The predicted molar refractivity (Wildman–Crippen MR) is 113 cm³/mol. The molecule has 1 aromatic heterocycles. The topological polar surface area (TPSA) is 111 Å². The van der Waals surface area contributed by atoms with E-state index in [4.69, 9.17) is 4.74 Å². The van der Waals surface area contributed by atoms with E-state index < -0.39 is 17.7 Å². The summed E-state index contributed by atoms with van der Waals surface area (Å²) in [7, 11) is 1.52. The fourth-order valence-corrected chi connectivity index (χ4v) is 4.72. The average molecular weight is 407 g/mol. The van der Waals surface area contributed by atoms with E-state index in [1.54, 1.807) is 24.3 Å². The molecule has 1 amide bonds. The molecule has 0 radical (unpaired) electrons. The number of methoxy groups -OCH3 is 1. The summed E-state index contributed by atoms with van der Waals surface area (Å²) in [5.41, 5.74) is 0.547. The average Bonchev–Trinajstić information content (AvgIpc) is 2.72. The van der Waals surface area contributed by atoms with Crippen LogP contribution in [0.2, 0.25) is 0 Å². The van der Waals surface area contributed by atoms with Gasteiger partial charge < -0.3 is 15.0 Å². The van der Waals surface area contributed by atoms with Crippen molar-refractivity contribution < 1.29 is 9.53 Å². The van der Waals surface area contributed by atoms with Crippen molar-refractivity contribution in [1.29, 1.82) is 5.26 Å². The summed E-state index contributed by atoms with van der Waals surface area (Å²) in [6.07, 6.45) is 3.15. The lowest BCUT2D eigenvalue weighted by Crippen LogP contribution is -2.46. The maximum absolute atomic E-state index is 13.3. The van der Waals surface area contributed by atoms with Crippen LogP contribution in [0.15, 0.2) is 29.1 Å². The van der Waals surface area contributed by atoms with Crippen LogP contribution in [0.25, 0.3) is 0 Å². The quantitative estimate of drug-likeness (QED) is 0.809. The van der Waals surface area contributed by atoms with Gasteiger partial charge in [0.25, 0.3) is 5.56 Å². The van der Waals surface area contributed by atoms with E-state index in [9.17, 15) is 14.9 Å². The maximum atomic E-state index is 13.3. The summed E-state index contributed by atoms with van der Waals surface area (Å²) in [4.78, 5) is 35.7. The maximum Gasteiger partial charge on any atom is 0.258 e. The fourth-order valence-electron chi connectivity index (χ4n) is 4.72. The highest BCUT2D eigenvalue weighted by atomic mass is 16.5. The highest BCUT2D eigenvalue weighted by Crippen LogP contribution is 2.42. The number of benzene rings is 1. The van der Waals surface area contributed by atoms with Crippen LogP contribution in [0.1, 0.15) is 50.2 Å². The van der Waals surface area contributed by atoms with Crippen molar-refractivity contribution in [2.24, 2.45) is 5.92 Å². The molecule has 0 bridgehead atoms. The SMILES string of the molecule is COc1ccccc1C1c2c(nc(N3C(C)CCCC3C)[nH]c2=O)NC(=O)C1C#N. The largest absolute Gasteiger partial charge is 0.496 e. The number of nitriles is 1. The molecule has 30 heavy (non-hydrogen) atoms. The third-order valence-corrected chi connectivity index (χ3v) is 6.16. The number of piperidine rings is 1. The highest BCUT2D eigenvalue weighted by molar-refractivity contribution is 5.98. The Morgan fingerprint density at radius 2 is 1.90 bits per heavy atom. The van der Waals surface area contributed by atoms with E-state index in [-0.39, 0.29) is 29.0 Å². The highest BCUT2D eigenvalue weighted by Gasteiger charge is 2.42. The Hall–Kier alpha value is -3.34. The van der Waals surface area contributed by atoms with E-state index >= 15 is 0 Å². The first kappa shape index (κ1) is 20.0. The van der Waals surface area contributed by atoms with E-state index in [0.717, 1.165) is 19.3 Å². The van der Waals surface area contributed by atoms with Gasteiger partial charge in [-0.1, -0.05) is 18.2 Å². The summed E-state index contributed by atoms with van der Waals surface area (Å²) in [6.45, 7) is 4.22. The molecule has 2 N–H and O–H groups in total. The van der Waals surface area contributed by atoms with Crippen LogP contribution >= 0.6 is 0 Å². The zero-order valence-electron chi connectivity index (χ0n) is 17.3. The standard InChI is InChI=1S/C22H25N5O3/c1-12-7-6-8-13(2)27(12)22-25-19-18(21(29)26-22)17(15(11-23)20(28)24-19)14-9-4-5-10-16(14)30-3/h4-5,9-10,12-13,15,17H,6-8H2,1-3H3,(H2,24,25,26,28,29). The molecule has 156 valence electrons. The molecule has 2 aliphatic rings. The molecule has 8 heteroatoms. The van der Waals surface area contributed by atoms with Crippen LogP contribution in [0, 0.1) is 17.2 Å². The number of fused-ring (bicyclic) bond motifs is 1. The molecule has 0 spiro atoms. The van der Waals surface area contributed by atoms with Crippen LogP contribution in [0.5, 0.6) is 5.75 Å². The predicted octanol–water partition coefficient (Wildman–Crippen LogP) is 2.77. The number of amides is 1. The van der Waals surface area contributed by atoms with Gasteiger partial charge in [0.1, 0.15) is 17.5 Å². The lowest BCUT2D eigenvalue weighted by Gasteiger charge is -2.40. The van der Waals surface area contributed by atoms with Gasteiger partial charge in [-0.25, -0.2) is 0 Å². The van der Waals surface area contributed by atoms with Gasteiger partial charge in [-0.05, 0) is 39.2 Å². The zero-order valence-corrected chi connectivity index (χ0v) is 17.3. The summed E-state index contributed by atoms with van der Waals surface area (Å²) < 4.78 is 5.45. The van der Waals surface area contributed by atoms with Crippen LogP contribution in [0.4, 0.5) is 11.8 Å². The first-order chi connectivity index (χ1) is 14.5. The number of para-hydroxylation sites is 1. The van der Waals surface area contributed by atoms with Crippen LogP contribution in [-0.4, -0.2) is 35.1 Å². The lowest BCUT2D eigenvalue weighted by atomic mass is 9.79. The molecule has 8 nitrogen and oxygen atoms in total. The Morgan fingerprint density at radius 3 is 2.57 bits per heavy atom. The number of nitrogens with zero attached hydrogens (tertiary/aromatic N) is 3. The van der Waals surface area contributed by atoms with Gasteiger partial charge in [0.2, 0.25) is 11.9 Å². The van der Waals surface area contributed by atoms with Crippen LogP contribution < -0.4 is 20.5 Å². The second-order valence-corrected chi connectivity index (χ2v) is 8.00. The number of aromatic amines is 1. The molecule has 1 fully saturated rings. The van der Waals surface area contributed by atoms with Gasteiger partial charge in [-0.3, -0.25) is 14.6 Å². The minimum atomic E-state index is -1.06. The number of carbonyl (C=O) groups is 1. The first-order valence-corrected chi connectivity index (χ1v) is 10.2. The Bertz CT molecular complexity index is 1060. The Morgan fingerprint density at radius 1 is 1.20 bits per heavy atom. The molecule has 4 atom stereocenters. The van der Waals surface area contributed by atoms with E-state index in [1.807, 2.05) is 0 Å². The third-order valence-electron chi connectivity index (χ3n) is 6.16. The number of carbonyl (C=O) groups excluding carboxylic acids is 1. The van der Waals surface area contributed by atoms with Gasteiger partial charge >= 0.3 is 0 Å². The van der Waals surface area contributed by atoms with Gasteiger partial charge in [0, 0.05) is 23.6 Å². The van der Waals surface area contributed by atoms with Crippen molar-refractivity contribution in [1.82, 2.24) is 9.97 Å². The molecule has 3 heterocycles. The summed E-state index contributed by atoms with van der Waals surface area (Å²) in [6, 6.07) is 9.64. The van der Waals surface area contributed by atoms with Gasteiger partial charge in [-0.2, -0.15) is 10.2 Å². The van der Waals surface area contributed by atoms with Gasteiger partial charge in [0.15, 0.2) is 0 Å². The number of hydrogen-bond acceptors (Lipinski definition) is 6. The number of H-pyrrole nitrogens is 1. The van der Waals surface area contributed by atoms with Crippen molar-refractivity contribution in [2.75, 3.05) is 17.3 Å². The number of hydrogen-bond donors (Lipinski definition) is 2. The smallest absolute Gasteiger partial charge is 0.258 e. The second kappa shape index (κ2) is 7.82. The lowest BCUT2D eigenvalue weighted by molar-refractivity contribution is -0.119. The van der Waals surface area contributed by atoms with E-state index in [2.05, 4.69) is 40.1 Å². The number of nitrogens with one attached hydrogen (secondary N) is 2. The molecule has 0 aliphatic carbocycles. The van der Waals surface area contributed by atoms with Gasteiger partial charge in [0.05, 0.1) is 18.7 Å². The molecule has 4 unspecified atom stereocenters. The first-order valence-electron chi connectivity index (χ1n) is 10.2. The zero-order chi connectivity index (χ0) is 21.4. The van der Waals surface area contributed by atoms with Crippen molar-refractivity contribution in [3.63, 3.8) is 0 Å². The third kappa shape index (κ3) is 3.20. The summed E-state index contributed by atoms with van der Waals surface area (Å²) in [5.74, 6) is -1.11. The molecule has 0 saturated carbocycles. The molecule has 2 aliphatic heterocycles. The summed E-state index contributed by atoms with van der Waals surface area (Å²) >= 11 is 0. The van der Waals surface area contributed by atoms with Crippen molar-refractivity contribution in [2.45, 2.75) is 51.1 Å². The monoisotopic (exact) mass is 407 g/mol. The van der Waals surface area contributed by atoms with Crippen molar-refractivity contribution in [3.8, 4) is 11.8 Å². The Balaban J connectivity index is 1.89. The number of ether oxygens (including phenoxy) is 1. The van der Waals surface area contributed by atoms with Crippen LogP contribution in [-0.2, 0) is 4.79 Å². The van der Waals surface area contributed by atoms with Crippen molar-refractivity contribution >= 4 is 17.7 Å². The van der Waals surface area contributed by atoms with Crippen molar-refractivity contribution in [3.05, 3.63) is 45.7 Å². The molecule has 1 aromatic carbocycles. The minimum Gasteiger partial charge on any atom is -0.496 e.